The Hall–Kier alpha value is -2.26. The summed E-state index contributed by atoms with van der Waals surface area (Å²) in [6, 6.07) is 4.97. The van der Waals surface area contributed by atoms with Crippen LogP contribution in [-0.2, 0) is 10.0 Å². The van der Waals surface area contributed by atoms with Gasteiger partial charge in [-0.3, -0.25) is 0 Å². The van der Waals surface area contributed by atoms with Gasteiger partial charge in [0.25, 0.3) is 0 Å². The number of anilines is 1. The lowest BCUT2D eigenvalue weighted by molar-refractivity contribution is 0.346. The molecule has 0 amide bonds. The van der Waals surface area contributed by atoms with Crippen LogP contribution in [0.1, 0.15) is 19.3 Å². The van der Waals surface area contributed by atoms with Crippen molar-refractivity contribution in [3.63, 3.8) is 0 Å². The van der Waals surface area contributed by atoms with E-state index in [4.69, 9.17) is 5.73 Å². The number of sulfonamides is 1. The molecule has 1 fully saturated rings. The number of H-pyrrole nitrogens is 1. The number of rotatable bonds is 2. The minimum Gasteiger partial charge on any atom is -0.366 e. The summed E-state index contributed by atoms with van der Waals surface area (Å²) in [7, 11) is -3.48. The lowest BCUT2D eigenvalue weighted by Crippen LogP contribution is -2.35. The van der Waals surface area contributed by atoms with Crippen molar-refractivity contribution in [1.29, 1.82) is 0 Å². The molecule has 1 saturated heterocycles. The molecular formula is C14H16N6O2S. The Morgan fingerprint density at radius 1 is 1.13 bits per heavy atom. The lowest BCUT2D eigenvalue weighted by Gasteiger charge is -2.25. The summed E-state index contributed by atoms with van der Waals surface area (Å²) in [4.78, 5) is 7.43. The van der Waals surface area contributed by atoms with Crippen LogP contribution in [0.5, 0.6) is 0 Å². The Bertz CT molecular complexity index is 991. The quantitative estimate of drug-likeness (QED) is 0.729. The SMILES string of the molecule is Nc1nnc2c(n1)[nH]c1ccc(S(=O)(=O)N3CCCCC3)cc12. The second kappa shape index (κ2) is 5.14. The van der Waals surface area contributed by atoms with Crippen LogP contribution in [0, 0.1) is 0 Å². The van der Waals surface area contributed by atoms with E-state index in [0.29, 0.717) is 29.6 Å². The zero-order valence-corrected chi connectivity index (χ0v) is 13.2. The monoisotopic (exact) mass is 332 g/mol. The van der Waals surface area contributed by atoms with E-state index in [0.717, 1.165) is 24.8 Å². The van der Waals surface area contributed by atoms with Crippen LogP contribution in [0.4, 0.5) is 5.95 Å². The molecule has 0 atom stereocenters. The molecule has 0 aliphatic carbocycles. The number of piperidine rings is 1. The molecule has 9 heteroatoms. The van der Waals surface area contributed by atoms with Gasteiger partial charge in [-0.15, -0.1) is 10.2 Å². The number of fused-ring (bicyclic) bond motifs is 3. The highest BCUT2D eigenvalue weighted by atomic mass is 32.2. The first-order chi connectivity index (χ1) is 11.1. The fourth-order valence-electron chi connectivity index (χ4n) is 2.98. The van der Waals surface area contributed by atoms with Crippen LogP contribution < -0.4 is 5.73 Å². The van der Waals surface area contributed by atoms with Crippen molar-refractivity contribution >= 4 is 38.0 Å². The smallest absolute Gasteiger partial charge is 0.243 e. The van der Waals surface area contributed by atoms with Crippen molar-refractivity contribution in [2.45, 2.75) is 24.2 Å². The molecule has 1 aliphatic heterocycles. The average molecular weight is 332 g/mol. The summed E-state index contributed by atoms with van der Waals surface area (Å²) in [5, 5.41) is 8.45. The summed E-state index contributed by atoms with van der Waals surface area (Å²) in [6.07, 6.45) is 2.89. The Kier molecular flexibility index (Phi) is 3.20. The predicted molar refractivity (Wildman–Crippen MR) is 86.2 cm³/mol. The maximum Gasteiger partial charge on any atom is 0.243 e. The minimum atomic E-state index is -3.48. The van der Waals surface area contributed by atoms with Gasteiger partial charge in [-0.05, 0) is 31.0 Å². The van der Waals surface area contributed by atoms with E-state index >= 15 is 0 Å². The first kappa shape index (κ1) is 14.3. The highest BCUT2D eigenvalue weighted by molar-refractivity contribution is 7.89. The number of nitrogens with one attached hydrogen (secondary N) is 1. The van der Waals surface area contributed by atoms with Gasteiger partial charge < -0.3 is 10.7 Å². The molecule has 2 aromatic heterocycles. The Labute approximate surface area is 132 Å². The van der Waals surface area contributed by atoms with Crippen molar-refractivity contribution in [2.75, 3.05) is 18.8 Å². The Balaban J connectivity index is 1.86. The third-order valence-corrected chi connectivity index (χ3v) is 6.05. The summed E-state index contributed by atoms with van der Waals surface area (Å²) in [5.41, 5.74) is 7.31. The molecule has 1 aromatic carbocycles. The lowest BCUT2D eigenvalue weighted by atomic mass is 10.2. The average Bonchev–Trinajstić information content (AvgIpc) is 2.92. The van der Waals surface area contributed by atoms with Gasteiger partial charge in [0.2, 0.25) is 16.0 Å². The zero-order chi connectivity index (χ0) is 16.0. The van der Waals surface area contributed by atoms with Gasteiger partial charge in [-0.25, -0.2) is 8.42 Å². The van der Waals surface area contributed by atoms with Crippen LogP contribution in [0.3, 0.4) is 0 Å². The van der Waals surface area contributed by atoms with E-state index in [-0.39, 0.29) is 10.8 Å². The number of hydrogen-bond donors (Lipinski definition) is 2. The summed E-state index contributed by atoms with van der Waals surface area (Å²) < 4.78 is 27.1. The molecule has 120 valence electrons. The molecule has 3 N–H and O–H groups in total. The Morgan fingerprint density at radius 2 is 1.91 bits per heavy atom. The first-order valence-electron chi connectivity index (χ1n) is 7.47. The van der Waals surface area contributed by atoms with E-state index in [1.165, 1.54) is 0 Å². The van der Waals surface area contributed by atoms with Gasteiger partial charge in [0.1, 0.15) is 5.52 Å². The van der Waals surface area contributed by atoms with Gasteiger partial charge in [0.15, 0.2) is 5.65 Å². The number of nitrogen functional groups attached to an aromatic ring is 1. The molecule has 1 aliphatic rings. The van der Waals surface area contributed by atoms with Crippen LogP contribution in [0.25, 0.3) is 22.1 Å². The molecule has 8 nitrogen and oxygen atoms in total. The number of nitrogens with two attached hydrogens (primary N) is 1. The van der Waals surface area contributed by atoms with Crippen molar-refractivity contribution in [2.24, 2.45) is 0 Å². The van der Waals surface area contributed by atoms with Crippen molar-refractivity contribution < 1.29 is 8.42 Å². The molecule has 0 radical (unpaired) electrons. The van der Waals surface area contributed by atoms with Crippen LogP contribution in [0.2, 0.25) is 0 Å². The molecule has 0 bridgehead atoms. The van der Waals surface area contributed by atoms with E-state index in [9.17, 15) is 8.42 Å². The van der Waals surface area contributed by atoms with Gasteiger partial charge in [0.05, 0.1) is 4.90 Å². The van der Waals surface area contributed by atoms with Gasteiger partial charge in [-0.2, -0.15) is 9.29 Å². The fourth-order valence-corrected chi connectivity index (χ4v) is 4.52. The molecule has 0 spiro atoms. The zero-order valence-electron chi connectivity index (χ0n) is 12.4. The standard InChI is InChI=1S/C14H16N6O2S/c15-14-17-13-12(18-19-14)10-8-9(4-5-11(10)16-13)23(21,22)20-6-2-1-3-7-20/h4-5,8H,1-3,6-7H2,(H3,15,16,17,19). The highest BCUT2D eigenvalue weighted by Crippen LogP contribution is 2.27. The maximum atomic E-state index is 12.8. The molecular weight excluding hydrogens is 316 g/mol. The van der Waals surface area contributed by atoms with Crippen molar-refractivity contribution in [3.05, 3.63) is 18.2 Å². The van der Waals surface area contributed by atoms with E-state index in [2.05, 4.69) is 20.2 Å². The van der Waals surface area contributed by atoms with Crippen molar-refractivity contribution in [3.8, 4) is 0 Å². The molecule has 0 unspecified atom stereocenters. The number of benzene rings is 1. The second-order valence-electron chi connectivity index (χ2n) is 5.66. The highest BCUT2D eigenvalue weighted by Gasteiger charge is 2.26. The van der Waals surface area contributed by atoms with Gasteiger partial charge >= 0.3 is 0 Å². The fraction of sp³-hybridized carbons (Fsp3) is 0.357. The predicted octanol–water partition coefficient (Wildman–Crippen LogP) is 1.26. The topological polar surface area (TPSA) is 118 Å². The number of hydrogen-bond acceptors (Lipinski definition) is 6. The van der Waals surface area contributed by atoms with Gasteiger partial charge in [-0.1, -0.05) is 6.42 Å². The van der Waals surface area contributed by atoms with E-state index in [1.54, 1.807) is 22.5 Å². The van der Waals surface area contributed by atoms with E-state index < -0.39 is 10.0 Å². The normalized spacial score (nSPS) is 17.0. The second-order valence-corrected chi connectivity index (χ2v) is 7.60. The number of aromatic nitrogens is 4. The van der Waals surface area contributed by atoms with Gasteiger partial charge in [0, 0.05) is 24.0 Å². The summed E-state index contributed by atoms with van der Waals surface area (Å²) >= 11 is 0. The van der Waals surface area contributed by atoms with Crippen molar-refractivity contribution in [1.82, 2.24) is 24.5 Å². The molecule has 3 aromatic rings. The summed E-state index contributed by atoms with van der Waals surface area (Å²) in [6.45, 7) is 1.15. The molecule has 23 heavy (non-hydrogen) atoms. The summed E-state index contributed by atoms with van der Waals surface area (Å²) in [5.74, 6) is 0.0743. The molecule has 3 heterocycles. The third kappa shape index (κ3) is 2.32. The Morgan fingerprint density at radius 3 is 2.70 bits per heavy atom. The molecule has 0 saturated carbocycles. The van der Waals surface area contributed by atoms with E-state index in [1.807, 2.05) is 0 Å². The van der Waals surface area contributed by atoms with Crippen LogP contribution in [-0.4, -0.2) is 46.0 Å². The minimum absolute atomic E-state index is 0.0743. The number of aromatic amines is 1. The largest absolute Gasteiger partial charge is 0.366 e. The third-order valence-electron chi connectivity index (χ3n) is 4.16. The maximum absolute atomic E-state index is 12.8. The van der Waals surface area contributed by atoms with Crippen LogP contribution >= 0.6 is 0 Å². The number of nitrogens with zero attached hydrogens (tertiary/aromatic N) is 4. The first-order valence-corrected chi connectivity index (χ1v) is 8.91. The molecule has 4 rings (SSSR count). The van der Waals surface area contributed by atoms with Crippen LogP contribution in [0.15, 0.2) is 23.1 Å².